The Bertz CT molecular complexity index is 1030. The second-order valence-corrected chi connectivity index (χ2v) is 9.29. The maximum Gasteiger partial charge on any atom is 0.269 e. The van der Waals surface area contributed by atoms with Gasteiger partial charge in [-0.25, -0.2) is 0 Å². The predicted octanol–water partition coefficient (Wildman–Crippen LogP) is 3.94. The largest absolute Gasteiger partial charge is 0.298 e. The Labute approximate surface area is 180 Å². The number of amides is 2. The summed E-state index contributed by atoms with van der Waals surface area (Å²) in [6.45, 7) is 1.77. The number of thiophene rings is 1. The van der Waals surface area contributed by atoms with Crippen LogP contribution in [0.5, 0.6) is 0 Å². The first-order chi connectivity index (χ1) is 14.0. The Morgan fingerprint density at radius 3 is 2.76 bits per heavy atom. The van der Waals surface area contributed by atoms with Crippen LogP contribution in [-0.2, 0) is 4.79 Å². The van der Waals surface area contributed by atoms with Gasteiger partial charge in [0.15, 0.2) is 11.0 Å². The minimum Gasteiger partial charge on any atom is -0.298 e. The summed E-state index contributed by atoms with van der Waals surface area (Å²) >= 11 is 8.83. The van der Waals surface area contributed by atoms with Crippen LogP contribution in [0.2, 0.25) is 5.02 Å². The number of aromatic nitrogens is 3. The second-order valence-electron chi connectivity index (χ2n) is 6.60. The second kappa shape index (κ2) is 8.56. The van der Waals surface area contributed by atoms with E-state index in [0.29, 0.717) is 21.8 Å². The average molecular weight is 448 g/mol. The first kappa shape index (κ1) is 19.9. The lowest BCUT2D eigenvalue weighted by Crippen LogP contribution is -2.45. The SMILES string of the molecule is C[C@H](Sc1nnc(-c2cccs2)n1C1CC1)C(=O)NNC(=O)c1cccc(Cl)c1. The van der Waals surface area contributed by atoms with Gasteiger partial charge >= 0.3 is 0 Å². The number of carbonyl (C=O) groups is 2. The first-order valence-corrected chi connectivity index (χ1v) is 11.2. The van der Waals surface area contributed by atoms with Crippen molar-refractivity contribution in [3.63, 3.8) is 0 Å². The fourth-order valence-corrected chi connectivity index (χ4v) is 4.54. The summed E-state index contributed by atoms with van der Waals surface area (Å²) in [6, 6.07) is 10.9. The number of hydrazine groups is 1. The van der Waals surface area contributed by atoms with Crippen LogP contribution in [0.25, 0.3) is 10.7 Å². The smallest absolute Gasteiger partial charge is 0.269 e. The third-order valence-corrected chi connectivity index (χ3v) is 6.51. The van der Waals surface area contributed by atoms with Gasteiger partial charge in [0.25, 0.3) is 11.8 Å². The molecule has 0 unspecified atom stereocenters. The average Bonchev–Trinajstić information content (AvgIpc) is 3.23. The Kier molecular flexibility index (Phi) is 5.89. The van der Waals surface area contributed by atoms with E-state index in [9.17, 15) is 9.59 Å². The molecule has 1 fully saturated rings. The normalized spacial score (nSPS) is 14.4. The summed E-state index contributed by atoms with van der Waals surface area (Å²) in [6.07, 6.45) is 2.17. The van der Waals surface area contributed by atoms with Gasteiger partial charge in [0.2, 0.25) is 0 Å². The molecule has 7 nitrogen and oxygen atoms in total. The third kappa shape index (κ3) is 4.63. The molecule has 2 heterocycles. The molecule has 2 N–H and O–H groups in total. The number of nitrogens with zero attached hydrogens (tertiary/aromatic N) is 3. The maximum absolute atomic E-state index is 12.5. The molecule has 29 heavy (non-hydrogen) atoms. The van der Waals surface area contributed by atoms with Gasteiger partial charge in [0.05, 0.1) is 10.1 Å². The van der Waals surface area contributed by atoms with Crippen molar-refractivity contribution < 1.29 is 9.59 Å². The van der Waals surface area contributed by atoms with E-state index in [1.54, 1.807) is 36.5 Å². The lowest BCUT2D eigenvalue weighted by molar-refractivity contribution is -0.121. The summed E-state index contributed by atoms with van der Waals surface area (Å²) < 4.78 is 2.12. The van der Waals surface area contributed by atoms with E-state index in [0.717, 1.165) is 23.5 Å². The number of thioether (sulfide) groups is 1. The maximum atomic E-state index is 12.5. The van der Waals surface area contributed by atoms with Crippen LogP contribution in [0, 0.1) is 0 Å². The van der Waals surface area contributed by atoms with Crippen LogP contribution >= 0.6 is 34.7 Å². The number of nitrogens with one attached hydrogen (secondary N) is 2. The number of halogens is 1. The van der Waals surface area contributed by atoms with Crippen LogP contribution < -0.4 is 10.9 Å². The van der Waals surface area contributed by atoms with Crippen molar-refractivity contribution in [1.29, 1.82) is 0 Å². The highest BCUT2D eigenvalue weighted by molar-refractivity contribution is 8.00. The van der Waals surface area contributed by atoms with Crippen molar-refractivity contribution in [2.75, 3.05) is 0 Å². The topological polar surface area (TPSA) is 88.9 Å². The van der Waals surface area contributed by atoms with Gasteiger partial charge in [-0.15, -0.1) is 21.5 Å². The quantitative estimate of drug-likeness (QED) is 0.441. The molecule has 4 rings (SSSR count). The molecule has 3 aromatic rings. The van der Waals surface area contributed by atoms with Gasteiger partial charge in [-0.05, 0) is 49.4 Å². The third-order valence-electron chi connectivity index (χ3n) is 4.36. The van der Waals surface area contributed by atoms with Crippen molar-refractivity contribution >= 4 is 46.5 Å². The van der Waals surface area contributed by atoms with E-state index in [4.69, 9.17) is 11.6 Å². The molecule has 0 bridgehead atoms. The van der Waals surface area contributed by atoms with E-state index < -0.39 is 11.2 Å². The summed E-state index contributed by atoms with van der Waals surface area (Å²) in [5, 5.41) is 11.4. The Hall–Kier alpha value is -2.36. The van der Waals surface area contributed by atoms with Crippen LogP contribution in [0.1, 0.15) is 36.2 Å². The minimum atomic E-state index is -0.465. The summed E-state index contributed by atoms with van der Waals surface area (Å²) in [5.41, 5.74) is 5.25. The number of hydrogen-bond acceptors (Lipinski definition) is 6. The summed E-state index contributed by atoms with van der Waals surface area (Å²) in [7, 11) is 0. The van der Waals surface area contributed by atoms with Crippen LogP contribution in [0.3, 0.4) is 0 Å². The molecule has 0 aliphatic heterocycles. The lowest BCUT2D eigenvalue weighted by atomic mass is 10.2. The summed E-state index contributed by atoms with van der Waals surface area (Å²) in [4.78, 5) is 25.7. The monoisotopic (exact) mass is 447 g/mol. The standard InChI is InChI=1S/C19H18ClN5O2S2/c1-11(17(26)22-23-18(27)12-4-2-5-13(20)10-12)29-19-24-21-16(15-6-3-9-28-15)25(19)14-7-8-14/h2-6,9-11,14H,7-8H2,1H3,(H,22,26)(H,23,27)/t11-/m0/s1. The number of carbonyl (C=O) groups excluding carboxylic acids is 2. The molecule has 2 amide bonds. The molecule has 1 atom stereocenters. The van der Waals surface area contributed by atoms with E-state index in [1.165, 1.54) is 17.8 Å². The van der Waals surface area contributed by atoms with Crippen molar-refractivity contribution in [2.24, 2.45) is 0 Å². The fourth-order valence-electron chi connectivity index (χ4n) is 2.73. The molecule has 150 valence electrons. The number of benzene rings is 1. The first-order valence-electron chi connectivity index (χ1n) is 9.04. The van der Waals surface area contributed by atoms with Crippen molar-refractivity contribution in [3.05, 3.63) is 52.4 Å². The van der Waals surface area contributed by atoms with E-state index in [1.807, 2.05) is 17.5 Å². The molecular weight excluding hydrogens is 430 g/mol. The van der Waals surface area contributed by atoms with E-state index >= 15 is 0 Å². The molecule has 0 spiro atoms. The van der Waals surface area contributed by atoms with Crippen molar-refractivity contribution in [1.82, 2.24) is 25.6 Å². The highest BCUT2D eigenvalue weighted by Crippen LogP contribution is 2.42. The molecule has 1 aliphatic rings. The summed E-state index contributed by atoms with van der Waals surface area (Å²) in [5.74, 6) is 0.0828. The minimum absolute atomic E-state index is 0.326. The Balaban J connectivity index is 1.40. The molecule has 2 aromatic heterocycles. The van der Waals surface area contributed by atoms with Crippen LogP contribution in [0.15, 0.2) is 46.9 Å². The van der Waals surface area contributed by atoms with Crippen LogP contribution in [-0.4, -0.2) is 31.8 Å². The van der Waals surface area contributed by atoms with Gasteiger partial charge in [0, 0.05) is 16.6 Å². The Morgan fingerprint density at radius 2 is 2.07 bits per heavy atom. The van der Waals surface area contributed by atoms with Crippen LogP contribution in [0.4, 0.5) is 0 Å². The molecule has 1 aromatic carbocycles. The van der Waals surface area contributed by atoms with Gasteiger partial charge in [0.1, 0.15) is 0 Å². The zero-order valence-electron chi connectivity index (χ0n) is 15.5. The predicted molar refractivity (Wildman–Crippen MR) is 114 cm³/mol. The number of rotatable bonds is 6. The van der Waals surface area contributed by atoms with Gasteiger partial charge < -0.3 is 0 Å². The molecule has 1 saturated carbocycles. The molecular formula is C19H18ClN5O2S2. The van der Waals surface area contributed by atoms with Gasteiger partial charge in [-0.1, -0.05) is 35.5 Å². The molecule has 0 saturated heterocycles. The lowest BCUT2D eigenvalue weighted by Gasteiger charge is -2.13. The fraction of sp³-hybridized carbons (Fsp3) is 0.263. The molecule has 1 aliphatic carbocycles. The van der Waals surface area contributed by atoms with E-state index in [-0.39, 0.29) is 5.91 Å². The van der Waals surface area contributed by atoms with Crippen molar-refractivity contribution in [3.8, 4) is 10.7 Å². The van der Waals surface area contributed by atoms with Gasteiger partial charge in [-0.2, -0.15) is 0 Å². The van der Waals surface area contributed by atoms with Crippen molar-refractivity contribution in [2.45, 2.75) is 36.2 Å². The molecule has 0 radical (unpaired) electrons. The zero-order chi connectivity index (χ0) is 20.4. The molecule has 10 heteroatoms. The highest BCUT2D eigenvalue weighted by atomic mass is 35.5. The zero-order valence-corrected chi connectivity index (χ0v) is 17.9. The van der Waals surface area contributed by atoms with Gasteiger partial charge in [-0.3, -0.25) is 25.0 Å². The number of hydrogen-bond donors (Lipinski definition) is 2. The Morgan fingerprint density at radius 1 is 1.24 bits per heavy atom. The van der Waals surface area contributed by atoms with E-state index in [2.05, 4.69) is 25.6 Å². The highest BCUT2D eigenvalue weighted by Gasteiger charge is 2.31.